The minimum atomic E-state index is 0.822. The Balaban J connectivity index is 1.78. The van der Waals surface area contributed by atoms with Crippen LogP contribution in [0.15, 0.2) is 22.8 Å². The summed E-state index contributed by atoms with van der Waals surface area (Å²) in [5.74, 6) is 0.985. The van der Waals surface area contributed by atoms with Crippen molar-refractivity contribution in [3.8, 4) is 0 Å². The molecule has 2 rings (SSSR count). The summed E-state index contributed by atoms with van der Waals surface area (Å²) in [6.45, 7) is 2.76. The Morgan fingerprint density at radius 2 is 2.43 bits per heavy atom. The second kappa shape index (κ2) is 4.23. The van der Waals surface area contributed by atoms with E-state index in [4.69, 9.17) is 4.42 Å². The molecule has 14 heavy (non-hydrogen) atoms. The van der Waals surface area contributed by atoms with E-state index in [9.17, 15) is 0 Å². The maximum Gasteiger partial charge on any atom is 0.205 e. The molecular formula is C9H11N3OS. The first kappa shape index (κ1) is 9.21. The number of anilines is 1. The Morgan fingerprint density at radius 1 is 1.50 bits per heavy atom. The highest BCUT2D eigenvalue weighted by molar-refractivity contribution is 7.15. The number of rotatable bonds is 4. The number of aryl methyl sites for hydroxylation is 1. The summed E-state index contributed by atoms with van der Waals surface area (Å²) < 4.78 is 5.20. The van der Waals surface area contributed by atoms with Gasteiger partial charge in [0.15, 0.2) is 0 Å². The van der Waals surface area contributed by atoms with E-state index in [2.05, 4.69) is 15.5 Å². The van der Waals surface area contributed by atoms with E-state index >= 15 is 0 Å². The van der Waals surface area contributed by atoms with Crippen LogP contribution in [0, 0.1) is 6.92 Å². The van der Waals surface area contributed by atoms with Crippen LogP contribution in [0.3, 0.4) is 0 Å². The summed E-state index contributed by atoms with van der Waals surface area (Å²) in [5, 5.41) is 12.9. The zero-order valence-electron chi connectivity index (χ0n) is 7.86. The van der Waals surface area contributed by atoms with Crippen LogP contribution in [0.4, 0.5) is 5.13 Å². The van der Waals surface area contributed by atoms with Gasteiger partial charge >= 0.3 is 0 Å². The number of hydrogen-bond acceptors (Lipinski definition) is 5. The molecule has 0 aliphatic carbocycles. The molecule has 1 N–H and O–H groups in total. The van der Waals surface area contributed by atoms with Gasteiger partial charge in [-0.3, -0.25) is 0 Å². The van der Waals surface area contributed by atoms with Gasteiger partial charge in [0.25, 0.3) is 0 Å². The highest BCUT2D eigenvalue weighted by atomic mass is 32.1. The van der Waals surface area contributed by atoms with E-state index < -0.39 is 0 Å². The van der Waals surface area contributed by atoms with Gasteiger partial charge in [-0.1, -0.05) is 11.3 Å². The fourth-order valence-corrected chi connectivity index (χ4v) is 1.73. The lowest BCUT2D eigenvalue weighted by atomic mass is 10.3. The van der Waals surface area contributed by atoms with Crippen LogP contribution < -0.4 is 5.32 Å². The van der Waals surface area contributed by atoms with Crippen molar-refractivity contribution < 1.29 is 4.42 Å². The van der Waals surface area contributed by atoms with E-state index in [1.54, 1.807) is 17.6 Å². The van der Waals surface area contributed by atoms with Crippen LogP contribution in [-0.2, 0) is 6.42 Å². The summed E-state index contributed by atoms with van der Waals surface area (Å²) in [6, 6.07) is 3.86. The van der Waals surface area contributed by atoms with Gasteiger partial charge < -0.3 is 9.73 Å². The van der Waals surface area contributed by atoms with Crippen molar-refractivity contribution in [3.05, 3.63) is 29.2 Å². The van der Waals surface area contributed by atoms with Gasteiger partial charge in [0.05, 0.1) is 6.26 Å². The molecule has 4 nitrogen and oxygen atoms in total. The molecule has 0 saturated heterocycles. The smallest absolute Gasteiger partial charge is 0.205 e. The van der Waals surface area contributed by atoms with E-state index in [0.717, 1.165) is 28.9 Å². The fraction of sp³-hybridized carbons (Fsp3) is 0.333. The van der Waals surface area contributed by atoms with E-state index in [0.29, 0.717) is 0 Å². The van der Waals surface area contributed by atoms with Crippen LogP contribution in [0.2, 0.25) is 0 Å². The summed E-state index contributed by atoms with van der Waals surface area (Å²) >= 11 is 1.56. The molecule has 0 aliphatic rings. The standard InChI is InChI=1S/C9H11N3OS/c1-7-11-12-9(14-7)10-5-4-8-3-2-6-13-8/h2-3,6H,4-5H2,1H3,(H,10,12). The van der Waals surface area contributed by atoms with E-state index in [-0.39, 0.29) is 0 Å². The molecule has 2 heterocycles. The van der Waals surface area contributed by atoms with Gasteiger partial charge in [-0.25, -0.2) is 0 Å². The number of nitrogens with one attached hydrogen (secondary N) is 1. The van der Waals surface area contributed by atoms with Gasteiger partial charge in [0, 0.05) is 13.0 Å². The normalized spacial score (nSPS) is 10.4. The molecule has 0 fully saturated rings. The molecule has 0 saturated carbocycles. The maximum absolute atomic E-state index is 5.20. The molecule has 0 amide bonds. The third-order valence-electron chi connectivity index (χ3n) is 1.75. The van der Waals surface area contributed by atoms with Gasteiger partial charge in [-0.15, -0.1) is 10.2 Å². The summed E-state index contributed by atoms with van der Waals surface area (Å²) in [6.07, 6.45) is 2.55. The molecule has 0 bridgehead atoms. The molecule has 0 radical (unpaired) electrons. The Hall–Kier alpha value is -1.36. The quantitative estimate of drug-likeness (QED) is 0.837. The average molecular weight is 209 g/mol. The largest absolute Gasteiger partial charge is 0.469 e. The molecule has 74 valence electrons. The number of aromatic nitrogens is 2. The maximum atomic E-state index is 5.20. The summed E-state index contributed by atoms with van der Waals surface area (Å²) in [5.41, 5.74) is 0. The van der Waals surface area contributed by atoms with Crippen LogP contribution in [0.25, 0.3) is 0 Å². The molecule has 2 aromatic heterocycles. The van der Waals surface area contributed by atoms with Crippen molar-refractivity contribution in [2.75, 3.05) is 11.9 Å². The molecule has 5 heteroatoms. The van der Waals surface area contributed by atoms with Crippen LogP contribution in [0.5, 0.6) is 0 Å². The average Bonchev–Trinajstić information content (AvgIpc) is 2.77. The van der Waals surface area contributed by atoms with Gasteiger partial charge in [0.2, 0.25) is 5.13 Å². The highest BCUT2D eigenvalue weighted by Crippen LogP contribution is 2.13. The first-order valence-corrected chi connectivity index (χ1v) is 5.22. The highest BCUT2D eigenvalue weighted by Gasteiger charge is 1.99. The lowest BCUT2D eigenvalue weighted by molar-refractivity contribution is 0.513. The zero-order chi connectivity index (χ0) is 9.80. The summed E-state index contributed by atoms with van der Waals surface area (Å²) in [4.78, 5) is 0. The molecule has 0 aromatic carbocycles. The van der Waals surface area contributed by atoms with Crippen LogP contribution in [-0.4, -0.2) is 16.7 Å². The lowest BCUT2D eigenvalue weighted by Gasteiger charge is -1.98. The minimum absolute atomic E-state index is 0.822. The third-order valence-corrected chi connectivity index (χ3v) is 2.55. The zero-order valence-corrected chi connectivity index (χ0v) is 8.67. The second-order valence-corrected chi connectivity index (χ2v) is 4.06. The Bertz CT molecular complexity index is 382. The predicted octanol–water partition coefficient (Wildman–Crippen LogP) is 2.09. The molecular weight excluding hydrogens is 198 g/mol. The van der Waals surface area contributed by atoms with E-state index in [1.165, 1.54) is 0 Å². The number of furan rings is 1. The van der Waals surface area contributed by atoms with Crippen molar-refractivity contribution in [2.45, 2.75) is 13.3 Å². The SMILES string of the molecule is Cc1nnc(NCCc2ccco2)s1. The van der Waals surface area contributed by atoms with Gasteiger partial charge in [-0.05, 0) is 19.1 Å². The van der Waals surface area contributed by atoms with Crippen LogP contribution >= 0.6 is 11.3 Å². The molecule has 0 unspecified atom stereocenters. The minimum Gasteiger partial charge on any atom is -0.469 e. The molecule has 2 aromatic rings. The van der Waals surface area contributed by atoms with Gasteiger partial charge in [-0.2, -0.15) is 0 Å². The molecule has 0 aliphatic heterocycles. The Labute approximate surface area is 86.0 Å². The monoisotopic (exact) mass is 209 g/mol. The topological polar surface area (TPSA) is 51.0 Å². The predicted molar refractivity (Wildman–Crippen MR) is 55.5 cm³/mol. The lowest BCUT2D eigenvalue weighted by Crippen LogP contribution is -2.03. The first-order valence-electron chi connectivity index (χ1n) is 4.41. The first-order chi connectivity index (χ1) is 6.84. The number of nitrogens with zero attached hydrogens (tertiary/aromatic N) is 2. The summed E-state index contributed by atoms with van der Waals surface area (Å²) in [7, 11) is 0. The Kier molecular flexibility index (Phi) is 2.78. The number of hydrogen-bond donors (Lipinski definition) is 1. The van der Waals surface area contributed by atoms with Crippen molar-refractivity contribution in [1.29, 1.82) is 0 Å². The van der Waals surface area contributed by atoms with Crippen molar-refractivity contribution in [3.63, 3.8) is 0 Å². The Morgan fingerprint density at radius 3 is 3.07 bits per heavy atom. The third kappa shape index (κ3) is 2.32. The van der Waals surface area contributed by atoms with E-state index in [1.807, 2.05) is 19.1 Å². The van der Waals surface area contributed by atoms with Crippen LogP contribution in [0.1, 0.15) is 10.8 Å². The van der Waals surface area contributed by atoms with Crippen molar-refractivity contribution in [1.82, 2.24) is 10.2 Å². The molecule has 0 spiro atoms. The second-order valence-electron chi connectivity index (χ2n) is 2.88. The van der Waals surface area contributed by atoms with Gasteiger partial charge in [0.1, 0.15) is 10.8 Å². The fourth-order valence-electron chi connectivity index (χ4n) is 1.12. The van der Waals surface area contributed by atoms with Crippen molar-refractivity contribution in [2.24, 2.45) is 0 Å². The molecule has 0 atom stereocenters. The van der Waals surface area contributed by atoms with Crippen molar-refractivity contribution >= 4 is 16.5 Å².